The molecule has 1 unspecified atom stereocenters. The number of pyridine rings is 1. The molecule has 1 amide bonds. The molecule has 2 rings (SSSR count). The lowest BCUT2D eigenvalue weighted by molar-refractivity contribution is 0.0951. The Kier molecular flexibility index (Phi) is 5.88. The summed E-state index contributed by atoms with van der Waals surface area (Å²) in [5, 5.41) is 23.8. The Labute approximate surface area is 128 Å². The SMILES string of the molecule is O=C(NCc1cccnc1)c1ccc(NCC(O)CO)cc1. The first kappa shape index (κ1) is 15.9. The van der Waals surface area contributed by atoms with Crippen molar-refractivity contribution >= 4 is 11.6 Å². The third-order valence-corrected chi connectivity index (χ3v) is 3.08. The summed E-state index contributed by atoms with van der Waals surface area (Å²) in [6, 6.07) is 10.6. The van der Waals surface area contributed by atoms with E-state index in [4.69, 9.17) is 5.11 Å². The lowest BCUT2D eigenvalue weighted by Crippen LogP contribution is -2.23. The largest absolute Gasteiger partial charge is 0.394 e. The van der Waals surface area contributed by atoms with Crippen LogP contribution in [0.5, 0.6) is 0 Å². The lowest BCUT2D eigenvalue weighted by atomic mass is 10.2. The van der Waals surface area contributed by atoms with Crippen molar-refractivity contribution in [2.24, 2.45) is 0 Å². The van der Waals surface area contributed by atoms with Crippen LogP contribution in [0.2, 0.25) is 0 Å². The van der Waals surface area contributed by atoms with Gasteiger partial charge in [-0.25, -0.2) is 0 Å². The van der Waals surface area contributed by atoms with Gasteiger partial charge in [-0.3, -0.25) is 9.78 Å². The minimum atomic E-state index is -0.803. The predicted molar refractivity (Wildman–Crippen MR) is 83.4 cm³/mol. The number of aromatic nitrogens is 1. The van der Waals surface area contributed by atoms with Crippen LogP contribution in [0.1, 0.15) is 15.9 Å². The third kappa shape index (κ3) is 4.83. The van der Waals surface area contributed by atoms with Gasteiger partial charge in [0.25, 0.3) is 5.91 Å². The van der Waals surface area contributed by atoms with E-state index in [1.54, 1.807) is 36.7 Å². The Morgan fingerprint density at radius 2 is 2.00 bits per heavy atom. The molecule has 0 aliphatic heterocycles. The van der Waals surface area contributed by atoms with E-state index in [0.29, 0.717) is 12.1 Å². The summed E-state index contributed by atoms with van der Waals surface area (Å²) in [5.41, 5.74) is 2.26. The molecular formula is C16H19N3O3. The van der Waals surface area contributed by atoms with E-state index in [2.05, 4.69) is 15.6 Å². The van der Waals surface area contributed by atoms with E-state index in [1.807, 2.05) is 12.1 Å². The van der Waals surface area contributed by atoms with Crippen LogP contribution < -0.4 is 10.6 Å². The van der Waals surface area contributed by atoms with Crippen molar-refractivity contribution in [1.29, 1.82) is 0 Å². The zero-order valence-electron chi connectivity index (χ0n) is 12.1. The Morgan fingerprint density at radius 1 is 1.23 bits per heavy atom. The van der Waals surface area contributed by atoms with Gasteiger partial charge in [0.05, 0.1) is 12.7 Å². The number of aliphatic hydroxyl groups is 2. The van der Waals surface area contributed by atoms with E-state index in [-0.39, 0.29) is 19.1 Å². The number of rotatable bonds is 7. The van der Waals surface area contributed by atoms with E-state index < -0.39 is 6.10 Å². The Balaban J connectivity index is 1.85. The van der Waals surface area contributed by atoms with Crippen LogP contribution in [0.3, 0.4) is 0 Å². The molecule has 4 N–H and O–H groups in total. The number of amides is 1. The molecule has 0 bridgehead atoms. The normalized spacial score (nSPS) is 11.7. The molecule has 1 atom stereocenters. The zero-order chi connectivity index (χ0) is 15.8. The molecule has 2 aromatic rings. The summed E-state index contributed by atoms with van der Waals surface area (Å²) in [6.45, 7) is 0.389. The van der Waals surface area contributed by atoms with Crippen LogP contribution in [0.25, 0.3) is 0 Å². The van der Waals surface area contributed by atoms with Gasteiger partial charge in [0.15, 0.2) is 0 Å². The molecule has 1 heterocycles. The van der Waals surface area contributed by atoms with E-state index in [9.17, 15) is 9.90 Å². The first-order valence-corrected chi connectivity index (χ1v) is 6.99. The molecule has 0 saturated heterocycles. The molecular weight excluding hydrogens is 282 g/mol. The highest BCUT2D eigenvalue weighted by molar-refractivity contribution is 5.94. The van der Waals surface area contributed by atoms with Gasteiger partial charge in [0, 0.05) is 36.7 Å². The second-order valence-electron chi connectivity index (χ2n) is 4.84. The van der Waals surface area contributed by atoms with Crippen molar-refractivity contribution in [1.82, 2.24) is 10.3 Å². The number of nitrogens with one attached hydrogen (secondary N) is 2. The molecule has 0 radical (unpaired) electrons. The van der Waals surface area contributed by atoms with E-state index in [1.165, 1.54) is 0 Å². The molecule has 1 aromatic carbocycles. The van der Waals surface area contributed by atoms with Crippen molar-refractivity contribution in [2.45, 2.75) is 12.6 Å². The van der Waals surface area contributed by atoms with Gasteiger partial charge in [-0.05, 0) is 35.9 Å². The van der Waals surface area contributed by atoms with Crippen molar-refractivity contribution in [2.75, 3.05) is 18.5 Å². The van der Waals surface area contributed by atoms with Crippen LogP contribution in [0.4, 0.5) is 5.69 Å². The van der Waals surface area contributed by atoms with Gasteiger partial charge in [-0.1, -0.05) is 6.07 Å². The highest BCUT2D eigenvalue weighted by Crippen LogP contribution is 2.10. The van der Waals surface area contributed by atoms with Gasteiger partial charge >= 0.3 is 0 Å². The summed E-state index contributed by atoms with van der Waals surface area (Å²) in [5.74, 6) is -0.161. The molecule has 0 spiro atoms. The number of hydrogen-bond donors (Lipinski definition) is 4. The van der Waals surface area contributed by atoms with Crippen LogP contribution in [-0.2, 0) is 6.54 Å². The fourth-order valence-corrected chi connectivity index (χ4v) is 1.83. The van der Waals surface area contributed by atoms with Crippen LogP contribution in [0, 0.1) is 0 Å². The maximum Gasteiger partial charge on any atom is 0.251 e. The zero-order valence-corrected chi connectivity index (χ0v) is 12.1. The van der Waals surface area contributed by atoms with Gasteiger partial charge in [0.2, 0.25) is 0 Å². The molecule has 1 aromatic heterocycles. The number of benzene rings is 1. The molecule has 0 aliphatic rings. The van der Waals surface area contributed by atoms with E-state index >= 15 is 0 Å². The number of anilines is 1. The monoisotopic (exact) mass is 301 g/mol. The topological polar surface area (TPSA) is 94.5 Å². The van der Waals surface area contributed by atoms with Gasteiger partial charge in [-0.2, -0.15) is 0 Å². The highest BCUT2D eigenvalue weighted by atomic mass is 16.3. The van der Waals surface area contributed by atoms with Crippen molar-refractivity contribution < 1.29 is 15.0 Å². The second-order valence-corrected chi connectivity index (χ2v) is 4.84. The molecule has 116 valence electrons. The minimum absolute atomic E-state index is 0.161. The first-order chi connectivity index (χ1) is 10.7. The van der Waals surface area contributed by atoms with Crippen LogP contribution >= 0.6 is 0 Å². The maximum absolute atomic E-state index is 12.0. The Morgan fingerprint density at radius 3 is 2.64 bits per heavy atom. The smallest absolute Gasteiger partial charge is 0.251 e. The number of carbonyl (C=O) groups is 1. The van der Waals surface area contributed by atoms with Crippen LogP contribution in [-0.4, -0.2) is 40.4 Å². The fourth-order valence-electron chi connectivity index (χ4n) is 1.83. The van der Waals surface area contributed by atoms with Crippen molar-refractivity contribution in [3.63, 3.8) is 0 Å². The average Bonchev–Trinajstić information content (AvgIpc) is 2.59. The first-order valence-electron chi connectivity index (χ1n) is 6.99. The summed E-state index contributed by atoms with van der Waals surface area (Å²) in [7, 11) is 0. The summed E-state index contributed by atoms with van der Waals surface area (Å²) >= 11 is 0. The molecule has 22 heavy (non-hydrogen) atoms. The summed E-state index contributed by atoms with van der Waals surface area (Å²) in [6.07, 6.45) is 2.59. The van der Waals surface area contributed by atoms with Crippen LogP contribution in [0.15, 0.2) is 48.8 Å². The van der Waals surface area contributed by atoms with Crippen molar-refractivity contribution in [3.8, 4) is 0 Å². The number of hydrogen-bond acceptors (Lipinski definition) is 5. The Bertz CT molecular complexity index is 587. The molecule has 0 saturated carbocycles. The van der Waals surface area contributed by atoms with Gasteiger partial charge in [0.1, 0.15) is 0 Å². The average molecular weight is 301 g/mol. The number of carbonyl (C=O) groups excluding carboxylic acids is 1. The molecule has 6 nitrogen and oxygen atoms in total. The second kappa shape index (κ2) is 8.11. The lowest BCUT2D eigenvalue weighted by Gasteiger charge is -2.11. The fraction of sp³-hybridized carbons (Fsp3) is 0.250. The van der Waals surface area contributed by atoms with Gasteiger partial charge in [-0.15, -0.1) is 0 Å². The predicted octanol–water partition coefficient (Wildman–Crippen LogP) is 0.777. The highest BCUT2D eigenvalue weighted by Gasteiger charge is 2.06. The summed E-state index contributed by atoms with van der Waals surface area (Å²) in [4.78, 5) is 16.0. The minimum Gasteiger partial charge on any atom is -0.394 e. The van der Waals surface area contributed by atoms with Gasteiger partial charge < -0.3 is 20.8 Å². The molecule has 6 heteroatoms. The standard InChI is InChI=1S/C16H19N3O3/c20-11-15(21)10-18-14-5-3-13(4-6-14)16(22)19-9-12-2-1-7-17-8-12/h1-8,15,18,20-21H,9-11H2,(H,19,22). The third-order valence-electron chi connectivity index (χ3n) is 3.08. The molecule has 0 fully saturated rings. The van der Waals surface area contributed by atoms with E-state index in [0.717, 1.165) is 11.3 Å². The quantitative estimate of drug-likeness (QED) is 0.606. The number of aliphatic hydroxyl groups excluding tert-OH is 2. The molecule has 0 aliphatic carbocycles. The maximum atomic E-state index is 12.0. The Hall–Kier alpha value is -2.44. The van der Waals surface area contributed by atoms with Crippen molar-refractivity contribution in [3.05, 3.63) is 59.9 Å². The number of nitrogens with zero attached hydrogens (tertiary/aromatic N) is 1. The summed E-state index contributed by atoms with van der Waals surface area (Å²) < 4.78 is 0.